The van der Waals surface area contributed by atoms with Gasteiger partial charge in [-0.2, -0.15) is 0 Å². The summed E-state index contributed by atoms with van der Waals surface area (Å²) in [5.74, 6) is 0.999. The van der Waals surface area contributed by atoms with Crippen molar-refractivity contribution >= 4 is 27.7 Å². The van der Waals surface area contributed by atoms with Gasteiger partial charge in [-0.15, -0.1) is 0 Å². The molecule has 0 aromatic carbocycles. The first-order valence-electron chi connectivity index (χ1n) is 4.76. The molecule has 15 heavy (non-hydrogen) atoms. The van der Waals surface area contributed by atoms with Crippen LogP contribution >= 0.6 is 15.9 Å². The minimum Gasteiger partial charge on any atom is -0.308 e. The Kier molecular flexibility index (Phi) is 2.90. The third-order valence-corrected chi connectivity index (χ3v) is 3.38. The standard InChI is InChI=1S/C10H11BrN2O2/c11-5-7-4-10(15)13(6-7)8-2-1-3-9(14)12-8/h1-3,7H,4-6H2,(H,12,14). The third kappa shape index (κ3) is 2.12. The van der Waals surface area contributed by atoms with Crippen molar-refractivity contribution in [2.45, 2.75) is 6.42 Å². The molecule has 5 heteroatoms. The van der Waals surface area contributed by atoms with Crippen LogP contribution in [0, 0.1) is 5.92 Å². The van der Waals surface area contributed by atoms with Gasteiger partial charge in [-0.05, 0) is 12.0 Å². The van der Waals surface area contributed by atoms with Crippen LogP contribution in [0.5, 0.6) is 0 Å². The fourth-order valence-electron chi connectivity index (χ4n) is 1.71. The monoisotopic (exact) mass is 270 g/mol. The van der Waals surface area contributed by atoms with Crippen molar-refractivity contribution in [3.63, 3.8) is 0 Å². The Balaban J connectivity index is 2.25. The van der Waals surface area contributed by atoms with Gasteiger partial charge in [-0.3, -0.25) is 14.5 Å². The summed E-state index contributed by atoms with van der Waals surface area (Å²) in [5, 5.41) is 0.812. The van der Waals surface area contributed by atoms with Gasteiger partial charge in [0.2, 0.25) is 11.5 Å². The van der Waals surface area contributed by atoms with Crippen molar-refractivity contribution in [1.29, 1.82) is 0 Å². The highest BCUT2D eigenvalue weighted by Gasteiger charge is 2.30. The number of pyridine rings is 1. The molecule has 1 atom stereocenters. The van der Waals surface area contributed by atoms with Crippen molar-refractivity contribution in [2.75, 3.05) is 16.8 Å². The molecule has 1 fully saturated rings. The molecule has 0 radical (unpaired) electrons. The summed E-state index contributed by atoms with van der Waals surface area (Å²) in [6.07, 6.45) is 0.544. The second-order valence-corrected chi connectivity index (χ2v) is 4.28. The van der Waals surface area contributed by atoms with Gasteiger partial charge in [0.15, 0.2) is 0 Å². The minimum atomic E-state index is -0.178. The van der Waals surface area contributed by atoms with E-state index >= 15 is 0 Å². The lowest BCUT2D eigenvalue weighted by Gasteiger charge is -2.15. The van der Waals surface area contributed by atoms with Crippen LogP contribution in [0.3, 0.4) is 0 Å². The van der Waals surface area contributed by atoms with Crippen molar-refractivity contribution in [2.24, 2.45) is 5.92 Å². The average Bonchev–Trinajstić information content (AvgIpc) is 2.60. The zero-order chi connectivity index (χ0) is 10.8. The summed E-state index contributed by atoms with van der Waals surface area (Å²) < 4.78 is 0. The zero-order valence-corrected chi connectivity index (χ0v) is 9.66. The Morgan fingerprint density at radius 3 is 2.87 bits per heavy atom. The van der Waals surface area contributed by atoms with Crippen molar-refractivity contribution in [1.82, 2.24) is 4.98 Å². The van der Waals surface area contributed by atoms with E-state index in [-0.39, 0.29) is 11.5 Å². The zero-order valence-electron chi connectivity index (χ0n) is 8.07. The van der Waals surface area contributed by atoms with Gasteiger partial charge in [0.05, 0.1) is 0 Å². The van der Waals surface area contributed by atoms with Crippen LogP contribution in [-0.2, 0) is 4.79 Å². The molecule has 0 aliphatic carbocycles. The van der Waals surface area contributed by atoms with Gasteiger partial charge in [0.25, 0.3) is 0 Å². The Bertz CT molecular complexity index is 429. The Labute approximate surface area is 95.4 Å². The smallest absolute Gasteiger partial charge is 0.249 e. The molecule has 0 spiro atoms. The van der Waals surface area contributed by atoms with Crippen molar-refractivity contribution in [3.8, 4) is 0 Å². The number of aromatic nitrogens is 1. The van der Waals surface area contributed by atoms with Crippen LogP contribution in [0.1, 0.15) is 6.42 Å². The molecule has 1 aromatic heterocycles. The van der Waals surface area contributed by atoms with E-state index in [4.69, 9.17) is 0 Å². The molecule has 1 aliphatic rings. The van der Waals surface area contributed by atoms with E-state index in [1.807, 2.05) is 0 Å². The molecule has 4 nitrogen and oxygen atoms in total. The van der Waals surface area contributed by atoms with E-state index in [0.717, 1.165) is 5.33 Å². The number of hydrogen-bond acceptors (Lipinski definition) is 2. The number of hydrogen-bond donors (Lipinski definition) is 1. The van der Waals surface area contributed by atoms with Gasteiger partial charge >= 0.3 is 0 Å². The Morgan fingerprint density at radius 2 is 2.27 bits per heavy atom. The van der Waals surface area contributed by atoms with Crippen LogP contribution in [0.2, 0.25) is 0 Å². The lowest BCUT2D eigenvalue weighted by molar-refractivity contribution is -0.117. The van der Waals surface area contributed by atoms with Crippen LogP contribution in [-0.4, -0.2) is 22.8 Å². The molecule has 1 N–H and O–H groups in total. The highest BCUT2D eigenvalue weighted by atomic mass is 79.9. The van der Waals surface area contributed by atoms with Gasteiger partial charge in [-0.1, -0.05) is 22.0 Å². The molecule has 2 rings (SSSR count). The molecule has 1 unspecified atom stereocenters. The number of H-pyrrole nitrogens is 1. The molecule has 1 saturated heterocycles. The number of alkyl halides is 1. The molecular weight excluding hydrogens is 260 g/mol. The van der Waals surface area contributed by atoms with Crippen molar-refractivity contribution in [3.05, 3.63) is 28.6 Å². The first-order valence-corrected chi connectivity index (χ1v) is 5.88. The number of nitrogens with one attached hydrogen (secondary N) is 1. The van der Waals surface area contributed by atoms with Gasteiger partial charge < -0.3 is 4.98 Å². The maximum absolute atomic E-state index is 11.6. The third-order valence-electron chi connectivity index (χ3n) is 2.47. The second-order valence-electron chi connectivity index (χ2n) is 3.63. The highest BCUT2D eigenvalue weighted by Crippen LogP contribution is 2.23. The van der Waals surface area contributed by atoms with Crippen LogP contribution < -0.4 is 10.5 Å². The molecule has 1 aromatic rings. The van der Waals surface area contributed by atoms with Gasteiger partial charge in [0, 0.05) is 24.4 Å². The van der Waals surface area contributed by atoms with Gasteiger partial charge in [0.1, 0.15) is 5.82 Å². The number of carbonyl (C=O) groups is 1. The molecule has 1 amide bonds. The SMILES string of the molecule is O=C1CC(CBr)CN1c1cccc(=O)[nH]1. The van der Waals surface area contributed by atoms with Crippen molar-refractivity contribution < 1.29 is 4.79 Å². The molecular formula is C10H11BrN2O2. The molecule has 1 aliphatic heterocycles. The topological polar surface area (TPSA) is 53.2 Å². The van der Waals surface area contributed by atoms with Gasteiger partial charge in [-0.25, -0.2) is 0 Å². The Hall–Kier alpha value is -1.10. The first kappa shape index (κ1) is 10.4. The Morgan fingerprint density at radius 1 is 1.47 bits per heavy atom. The maximum Gasteiger partial charge on any atom is 0.249 e. The number of rotatable bonds is 2. The fourth-order valence-corrected chi connectivity index (χ4v) is 2.15. The van der Waals surface area contributed by atoms with E-state index in [9.17, 15) is 9.59 Å². The fraction of sp³-hybridized carbons (Fsp3) is 0.400. The normalized spacial score (nSPS) is 21.0. The summed E-state index contributed by atoms with van der Waals surface area (Å²) in [6, 6.07) is 4.84. The number of anilines is 1. The molecule has 80 valence electrons. The van der Waals surface area contributed by atoms with E-state index in [2.05, 4.69) is 20.9 Å². The highest BCUT2D eigenvalue weighted by molar-refractivity contribution is 9.09. The predicted molar refractivity (Wildman–Crippen MR) is 61.3 cm³/mol. The molecule has 0 bridgehead atoms. The van der Waals surface area contributed by atoms with E-state index in [1.54, 1.807) is 17.0 Å². The summed E-state index contributed by atoms with van der Waals surface area (Å²) >= 11 is 3.37. The number of amides is 1. The molecule has 2 heterocycles. The minimum absolute atomic E-state index is 0.0706. The van der Waals surface area contributed by atoms with E-state index < -0.39 is 0 Å². The quantitative estimate of drug-likeness (QED) is 0.819. The molecule has 0 saturated carbocycles. The predicted octanol–water partition coefficient (Wildman–Crippen LogP) is 1.12. The second kappa shape index (κ2) is 4.18. The van der Waals surface area contributed by atoms with Crippen LogP contribution in [0.15, 0.2) is 23.0 Å². The lowest BCUT2D eigenvalue weighted by Crippen LogP contribution is -2.27. The van der Waals surface area contributed by atoms with Crippen LogP contribution in [0.4, 0.5) is 5.82 Å². The van der Waals surface area contributed by atoms with Crippen LogP contribution in [0.25, 0.3) is 0 Å². The first-order chi connectivity index (χ1) is 7.20. The number of nitrogens with zero attached hydrogens (tertiary/aromatic N) is 1. The van der Waals surface area contributed by atoms with E-state index in [1.165, 1.54) is 6.07 Å². The number of carbonyl (C=O) groups excluding carboxylic acids is 1. The summed E-state index contributed by atoms with van der Waals surface area (Å²) in [7, 11) is 0. The number of aromatic amines is 1. The average molecular weight is 271 g/mol. The summed E-state index contributed by atoms with van der Waals surface area (Å²) in [6.45, 7) is 0.671. The summed E-state index contributed by atoms with van der Waals surface area (Å²) in [4.78, 5) is 27.0. The number of halogens is 1. The lowest BCUT2D eigenvalue weighted by atomic mass is 10.2. The maximum atomic E-state index is 11.6. The van der Waals surface area contributed by atoms with E-state index in [0.29, 0.717) is 24.7 Å². The summed E-state index contributed by atoms with van der Waals surface area (Å²) in [5.41, 5.74) is -0.178. The largest absolute Gasteiger partial charge is 0.308 e.